The molecule has 3 N–H and O–H groups in total. The highest BCUT2D eigenvalue weighted by atomic mass is 32.2. The van der Waals surface area contributed by atoms with Crippen LogP contribution in [-0.4, -0.2) is 32.4 Å². The van der Waals surface area contributed by atoms with Crippen molar-refractivity contribution in [3.63, 3.8) is 0 Å². The van der Waals surface area contributed by atoms with E-state index in [-0.39, 0.29) is 22.5 Å². The lowest BCUT2D eigenvalue weighted by atomic mass is 10.00. The maximum absolute atomic E-state index is 13.8. The highest BCUT2D eigenvalue weighted by Gasteiger charge is 2.34. The van der Waals surface area contributed by atoms with E-state index in [1.165, 1.54) is 41.7 Å². The number of thiazole rings is 1. The molecule has 0 unspecified atom stereocenters. The van der Waals surface area contributed by atoms with Crippen molar-refractivity contribution < 1.29 is 17.6 Å². The SMILES string of the molecule is NS(=O)(=O)c1ccc(NC(=O)C2CN(c3nc4c(F)cccc4s3)C2)cc1. The molecule has 1 amide bonds. The van der Waals surface area contributed by atoms with Crippen molar-refractivity contribution >= 4 is 48.3 Å². The van der Waals surface area contributed by atoms with Gasteiger partial charge in [0.2, 0.25) is 15.9 Å². The van der Waals surface area contributed by atoms with Gasteiger partial charge in [-0.25, -0.2) is 22.9 Å². The number of sulfonamides is 1. The summed E-state index contributed by atoms with van der Waals surface area (Å²) in [6.45, 7) is 0.977. The summed E-state index contributed by atoms with van der Waals surface area (Å²) >= 11 is 1.39. The molecule has 0 radical (unpaired) electrons. The van der Waals surface area contributed by atoms with Gasteiger partial charge in [-0.05, 0) is 36.4 Å². The number of para-hydroxylation sites is 1. The molecule has 1 saturated heterocycles. The molecular weight excluding hydrogens is 391 g/mol. The minimum absolute atomic E-state index is 0.0154. The standard InChI is InChI=1S/C17H15FN4O3S2/c18-13-2-1-3-14-15(13)21-17(26-14)22-8-10(9-22)16(23)20-11-4-6-12(7-5-11)27(19,24)25/h1-7,10H,8-9H2,(H,20,23)(H2,19,24,25). The molecule has 0 bridgehead atoms. The summed E-state index contributed by atoms with van der Waals surface area (Å²) in [4.78, 5) is 18.5. The van der Waals surface area contributed by atoms with Crippen LogP contribution in [0.5, 0.6) is 0 Å². The second-order valence-electron chi connectivity index (χ2n) is 6.24. The molecule has 27 heavy (non-hydrogen) atoms. The van der Waals surface area contributed by atoms with Gasteiger partial charge in [-0.3, -0.25) is 4.79 Å². The number of anilines is 2. The quantitative estimate of drug-likeness (QED) is 0.691. The Bertz CT molecular complexity index is 1120. The molecule has 0 aliphatic carbocycles. The normalized spacial score (nSPS) is 15.0. The van der Waals surface area contributed by atoms with Gasteiger partial charge < -0.3 is 10.2 Å². The summed E-state index contributed by atoms with van der Waals surface area (Å²) in [5.74, 6) is -0.741. The number of nitrogens with two attached hydrogens (primary N) is 1. The molecule has 0 atom stereocenters. The number of fused-ring (bicyclic) bond motifs is 1. The Morgan fingerprint density at radius 2 is 1.93 bits per heavy atom. The molecule has 4 rings (SSSR count). The van der Waals surface area contributed by atoms with Gasteiger partial charge >= 0.3 is 0 Å². The van der Waals surface area contributed by atoms with E-state index in [0.29, 0.717) is 29.4 Å². The predicted octanol–water partition coefficient (Wildman–Crippen LogP) is 2.16. The van der Waals surface area contributed by atoms with Crippen molar-refractivity contribution in [2.24, 2.45) is 11.1 Å². The maximum atomic E-state index is 13.8. The molecule has 10 heteroatoms. The molecule has 0 saturated carbocycles. The van der Waals surface area contributed by atoms with Crippen molar-refractivity contribution in [3.05, 3.63) is 48.3 Å². The molecule has 1 fully saturated rings. The fraction of sp³-hybridized carbons (Fsp3) is 0.176. The van der Waals surface area contributed by atoms with E-state index in [2.05, 4.69) is 10.3 Å². The van der Waals surface area contributed by atoms with Crippen LogP contribution >= 0.6 is 11.3 Å². The van der Waals surface area contributed by atoms with E-state index in [4.69, 9.17) is 5.14 Å². The Morgan fingerprint density at radius 3 is 2.56 bits per heavy atom. The first-order valence-electron chi connectivity index (χ1n) is 8.05. The number of primary sulfonamides is 1. The van der Waals surface area contributed by atoms with Gasteiger partial charge in [0.05, 0.1) is 15.5 Å². The van der Waals surface area contributed by atoms with Crippen molar-refractivity contribution in [1.29, 1.82) is 0 Å². The second-order valence-corrected chi connectivity index (χ2v) is 8.81. The third kappa shape index (κ3) is 3.51. The number of nitrogens with zero attached hydrogens (tertiary/aromatic N) is 2. The molecule has 7 nitrogen and oxygen atoms in total. The zero-order chi connectivity index (χ0) is 19.2. The van der Waals surface area contributed by atoms with Crippen molar-refractivity contribution in [2.45, 2.75) is 4.90 Å². The molecule has 0 spiro atoms. The number of carbonyl (C=O) groups is 1. The first-order chi connectivity index (χ1) is 12.8. The zero-order valence-electron chi connectivity index (χ0n) is 13.9. The number of hydrogen-bond donors (Lipinski definition) is 2. The Morgan fingerprint density at radius 1 is 1.22 bits per heavy atom. The van der Waals surface area contributed by atoms with Crippen LogP contribution in [0.15, 0.2) is 47.4 Å². The summed E-state index contributed by atoms with van der Waals surface area (Å²) in [6.07, 6.45) is 0. The largest absolute Gasteiger partial charge is 0.346 e. The smallest absolute Gasteiger partial charge is 0.238 e. The number of nitrogens with one attached hydrogen (secondary N) is 1. The predicted molar refractivity (Wildman–Crippen MR) is 102 cm³/mol. The minimum Gasteiger partial charge on any atom is -0.346 e. The number of amides is 1. The van der Waals surface area contributed by atoms with Gasteiger partial charge in [-0.2, -0.15) is 0 Å². The number of halogens is 1. The third-order valence-electron chi connectivity index (χ3n) is 4.33. The summed E-state index contributed by atoms with van der Waals surface area (Å²) in [5.41, 5.74) is 0.841. The Kier molecular flexibility index (Phi) is 4.33. The average molecular weight is 406 g/mol. The van der Waals surface area contributed by atoms with Crippen LogP contribution in [0.1, 0.15) is 0 Å². The number of benzene rings is 2. The topological polar surface area (TPSA) is 105 Å². The van der Waals surface area contributed by atoms with E-state index in [1.54, 1.807) is 6.07 Å². The van der Waals surface area contributed by atoms with Gasteiger partial charge in [0.1, 0.15) is 11.3 Å². The molecular formula is C17H15FN4O3S2. The molecule has 1 aliphatic rings. The van der Waals surface area contributed by atoms with Crippen LogP contribution < -0.4 is 15.4 Å². The number of rotatable bonds is 4. The van der Waals surface area contributed by atoms with Crippen LogP contribution in [0.4, 0.5) is 15.2 Å². The van der Waals surface area contributed by atoms with E-state index in [9.17, 15) is 17.6 Å². The molecule has 1 aromatic heterocycles. The Balaban J connectivity index is 1.38. The molecule has 2 heterocycles. The molecule has 1 aliphatic heterocycles. The van der Waals surface area contributed by atoms with Crippen molar-refractivity contribution in [3.8, 4) is 0 Å². The highest BCUT2D eigenvalue weighted by molar-refractivity contribution is 7.89. The van der Waals surface area contributed by atoms with Crippen LogP contribution in [0.2, 0.25) is 0 Å². The van der Waals surface area contributed by atoms with Gasteiger partial charge in [-0.1, -0.05) is 17.4 Å². The van der Waals surface area contributed by atoms with Crippen LogP contribution in [0.3, 0.4) is 0 Å². The van der Waals surface area contributed by atoms with Crippen molar-refractivity contribution in [1.82, 2.24) is 4.98 Å². The minimum atomic E-state index is -3.76. The van der Waals surface area contributed by atoms with Gasteiger partial charge in [0.25, 0.3) is 0 Å². The first kappa shape index (κ1) is 17.8. The number of aromatic nitrogens is 1. The highest BCUT2D eigenvalue weighted by Crippen LogP contribution is 2.34. The number of carbonyl (C=O) groups excluding carboxylic acids is 1. The van der Waals surface area contributed by atoms with Crippen molar-refractivity contribution in [2.75, 3.05) is 23.3 Å². The Hall–Kier alpha value is -2.56. The fourth-order valence-corrected chi connectivity index (χ4v) is 4.33. The third-order valence-corrected chi connectivity index (χ3v) is 6.34. The lowest BCUT2D eigenvalue weighted by Crippen LogP contribution is -2.52. The fourth-order valence-electron chi connectivity index (χ4n) is 2.81. The van der Waals surface area contributed by atoms with Gasteiger partial charge in [-0.15, -0.1) is 0 Å². The van der Waals surface area contributed by atoms with E-state index in [0.717, 1.165) is 4.70 Å². The van der Waals surface area contributed by atoms with Gasteiger partial charge in [0.15, 0.2) is 5.13 Å². The summed E-state index contributed by atoms with van der Waals surface area (Å²) in [5, 5.41) is 8.49. The molecule has 140 valence electrons. The van der Waals surface area contributed by atoms with Gasteiger partial charge in [0, 0.05) is 18.8 Å². The van der Waals surface area contributed by atoms with E-state index < -0.39 is 10.0 Å². The van der Waals surface area contributed by atoms with E-state index in [1.807, 2.05) is 11.0 Å². The Labute approximate surface area is 158 Å². The van der Waals surface area contributed by atoms with E-state index >= 15 is 0 Å². The average Bonchev–Trinajstić information content (AvgIpc) is 2.98. The monoisotopic (exact) mass is 406 g/mol. The van der Waals surface area contributed by atoms with Crippen LogP contribution in [-0.2, 0) is 14.8 Å². The van der Waals surface area contributed by atoms with Crippen LogP contribution in [0, 0.1) is 11.7 Å². The maximum Gasteiger partial charge on any atom is 0.238 e. The second kappa shape index (κ2) is 6.55. The molecule has 2 aromatic carbocycles. The zero-order valence-corrected chi connectivity index (χ0v) is 15.6. The first-order valence-corrected chi connectivity index (χ1v) is 10.4. The summed E-state index contributed by atoms with van der Waals surface area (Å²) in [6, 6.07) is 10.5. The summed E-state index contributed by atoms with van der Waals surface area (Å²) < 4.78 is 37.0. The van der Waals surface area contributed by atoms with Crippen LogP contribution in [0.25, 0.3) is 10.2 Å². The lowest BCUT2D eigenvalue weighted by molar-refractivity contribution is -0.120. The lowest BCUT2D eigenvalue weighted by Gasteiger charge is -2.37. The number of hydrogen-bond acceptors (Lipinski definition) is 6. The summed E-state index contributed by atoms with van der Waals surface area (Å²) in [7, 11) is -3.76. The molecule has 3 aromatic rings.